The molecule has 1 aliphatic carbocycles. The highest BCUT2D eigenvalue weighted by molar-refractivity contribution is 9.10. The van der Waals surface area contributed by atoms with Gasteiger partial charge >= 0.3 is 0 Å². The fraction of sp³-hybridized carbons (Fsp3) is 0.643. The van der Waals surface area contributed by atoms with Gasteiger partial charge in [0.1, 0.15) is 11.9 Å². The minimum Gasteiger partial charge on any atom is -0.488 e. The van der Waals surface area contributed by atoms with Crippen LogP contribution in [0.4, 0.5) is 0 Å². The number of hydrogen-bond donors (Lipinski definition) is 1. The molecule has 100 valence electrons. The van der Waals surface area contributed by atoms with E-state index in [-0.39, 0.29) is 11.5 Å². The van der Waals surface area contributed by atoms with Gasteiger partial charge in [-0.3, -0.25) is 4.98 Å². The molecule has 4 heteroatoms. The SMILES string of the molecule is CCNC1CC(Oc2cncc(Br)c2)C1(C)CC. The molecule has 0 bridgehead atoms. The van der Waals surface area contributed by atoms with Crippen LogP contribution in [0.5, 0.6) is 5.75 Å². The van der Waals surface area contributed by atoms with E-state index in [2.05, 4.69) is 47.0 Å². The van der Waals surface area contributed by atoms with Gasteiger partial charge in [-0.1, -0.05) is 20.8 Å². The van der Waals surface area contributed by atoms with E-state index in [1.165, 1.54) is 0 Å². The summed E-state index contributed by atoms with van der Waals surface area (Å²) in [7, 11) is 0. The van der Waals surface area contributed by atoms with E-state index in [0.29, 0.717) is 6.04 Å². The third-order valence-electron chi connectivity index (χ3n) is 4.15. The fourth-order valence-corrected chi connectivity index (χ4v) is 3.00. The van der Waals surface area contributed by atoms with Crippen LogP contribution in [0, 0.1) is 5.41 Å². The summed E-state index contributed by atoms with van der Waals surface area (Å²) in [5.41, 5.74) is 0.221. The molecule has 0 saturated heterocycles. The number of nitrogens with zero attached hydrogens (tertiary/aromatic N) is 1. The van der Waals surface area contributed by atoms with Crippen LogP contribution in [0.3, 0.4) is 0 Å². The second-order valence-electron chi connectivity index (χ2n) is 5.15. The quantitative estimate of drug-likeness (QED) is 0.905. The van der Waals surface area contributed by atoms with Crippen LogP contribution in [-0.4, -0.2) is 23.7 Å². The van der Waals surface area contributed by atoms with Crippen molar-refractivity contribution in [1.82, 2.24) is 10.3 Å². The average Bonchev–Trinajstić information content (AvgIpc) is 2.36. The van der Waals surface area contributed by atoms with E-state index in [4.69, 9.17) is 4.74 Å². The van der Waals surface area contributed by atoms with E-state index in [9.17, 15) is 0 Å². The predicted molar refractivity (Wildman–Crippen MR) is 76.8 cm³/mol. The van der Waals surface area contributed by atoms with E-state index >= 15 is 0 Å². The molecule has 1 saturated carbocycles. The van der Waals surface area contributed by atoms with Gasteiger partial charge in [0.25, 0.3) is 0 Å². The second kappa shape index (κ2) is 5.57. The van der Waals surface area contributed by atoms with Gasteiger partial charge in [-0.25, -0.2) is 0 Å². The van der Waals surface area contributed by atoms with Gasteiger partial charge in [0.15, 0.2) is 0 Å². The summed E-state index contributed by atoms with van der Waals surface area (Å²) < 4.78 is 7.04. The minimum atomic E-state index is 0.221. The van der Waals surface area contributed by atoms with Crippen LogP contribution >= 0.6 is 15.9 Å². The first-order chi connectivity index (χ1) is 8.60. The van der Waals surface area contributed by atoms with Crippen molar-refractivity contribution in [2.24, 2.45) is 5.41 Å². The lowest BCUT2D eigenvalue weighted by atomic mass is 9.61. The van der Waals surface area contributed by atoms with E-state index < -0.39 is 0 Å². The lowest BCUT2D eigenvalue weighted by Crippen LogP contribution is -2.63. The molecule has 0 amide bonds. The van der Waals surface area contributed by atoms with Gasteiger partial charge in [-0.15, -0.1) is 0 Å². The van der Waals surface area contributed by atoms with Crippen molar-refractivity contribution in [2.75, 3.05) is 6.54 Å². The lowest BCUT2D eigenvalue weighted by Gasteiger charge is -2.53. The maximum Gasteiger partial charge on any atom is 0.139 e. The molecule has 3 nitrogen and oxygen atoms in total. The number of pyridine rings is 1. The van der Waals surface area contributed by atoms with Gasteiger partial charge < -0.3 is 10.1 Å². The molecular formula is C14H21BrN2O. The molecule has 1 fully saturated rings. The zero-order chi connectivity index (χ0) is 13.2. The Morgan fingerprint density at radius 1 is 1.50 bits per heavy atom. The maximum atomic E-state index is 6.08. The van der Waals surface area contributed by atoms with Crippen LogP contribution in [0.1, 0.15) is 33.6 Å². The summed E-state index contributed by atoms with van der Waals surface area (Å²) >= 11 is 3.42. The first-order valence-electron chi connectivity index (χ1n) is 6.60. The first-order valence-corrected chi connectivity index (χ1v) is 7.40. The van der Waals surface area contributed by atoms with Crippen molar-refractivity contribution in [3.8, 4) is 5.75 Å². The topological polar surface area (TPSA) is 34.1 Å². The lowest BCUT2D eigenvalue weighted by molar-refractivity contribution is -0.0698. The highest BCUT2D eigenvalue weighted by Gasteiger charge is 2.51. The first kappa shape index (κ1) is 13.8. The molecule has 0 aromatic carbocycles. The summed E-state index contributed by atoms with van der Waals surface area (Å²) in [6.07, 6.45) is 6.03. The molecule has 18 heavy (non-hydrogen) atoms. The zero-order valence-corrected chi connectivity index (χ0v) is 12.8. The number of nitrogens with one attached hydrogen (secondary N) is 1. The molecule has 1 aromatic rings. The third kappa shape index (κ3) is 2.54. The van der Waals surface area contributed by atoms with Crippen molar-refractivity contribution in [3.63, 3.8) is 0 Å². The number of halogens is 1. The molecular weight excluding hydrogens is 292 g/mol. The van der Waals surface area contributed by atoms with Crippen LogP contribution in [0.2, 0.25) is 0 Å². The highest BCUT2D eigenvalue weighted by atomic mass is 79.9. The Morgan fingerprint density at radius 2 is 2.28 bits per heavy atom. The Kier molecular flexibility index (Phi) is 4.28. The molecule has 1 N–H and O–H groups in total. The summed E-state index contributed by atoms with van der Waals surface area (Å²) in [6.45, 7) is 7.72. The molecule has 3 atom stereocenters. The van der Waals surface area contributed by atoms with Crippen LogP contribution < -0.4 is 10.1 Å². The van der Waals surface area contributed by atoms with Crippen molar-refractivity contribution in [2.45, 2.75) is 45.8 Å². The predicted octanol–water partition coefficient (Wildman–Crippen LogP) is 3.39. The fourth-order valence-electron chi connectivity index (χ4n) is 2.66. The van der Waals surface area contributed by atoms with Gasteiger partial charge in [0, 0.05) is 28.5 Å². The minimum absolute atomic E-state index is 0.221. The molecule has 1 aromatic heterocycles. The average molecular weight is 313 g/mol. The van der Waals surface area contributed by atoms with Gasteiger partial charge in [0.2, 0.25) is 0 Å². The number of aromatic nitrogens is 1. The van der Waals surface area contributed by atoms with Gasteiger partial charge in [-0.2, -0.15) is 0 Å². The van der Waals surface area contributed by atoms with Crippen LogP contribution in [0.25, 0.3) is 0 Å². The second-order valence-corrected chi connectivity index (χ2v) is 6.07. The number of rotatable bonds is 5. The molecule has 0 spiro atoms. The smallest absolute Gasteiger partial charge is 0.139 e. The normalized spacial score (nSPS) is 30.9. The Bertz CT molecular complexity index is 413. The number of ether oxygens (including phenoxy) is 1. The van der Waals surface area contributed by atoms with Gasteiger partial charge in [0.05, 0.1) is 6.20 Å². The maximum absolute atomic E-state index is 6.08. The van der Waals surface area contributed by atoms with E-state index in [1.54, 1.807) is 12.4 Å². The summed E-state index contributed by atoms with van der Waals surface area (Å²) in [5.74, 6) is 0.851. The monoisotopic (exact) mass is 312 g/mol. The summed E-state index contributed by atoms with van der Waals surface area (Å²) in [6, 6.07) is 2.54. The molecule has 1 heterocycles. The Morgan fingerprint density at radius 3 is 2.89 bits per heavy atom. The largest absolute Gasteiger partial charge is 0.488 e. The van der Waals surface area contributed by atoms with E-state index in [0.717, 1.165) is 29.6 Å². The molecule has 2 rings (SSSR count). The molecule has 3 unspecified atom stereocenters. The number of hydrogen-bond acceptors (Lipinski definition) is 3. The Labute approximate surface area is 117 Å². The van der Waals surface area contributed by atoms with Crippen molar-refractivity contribution >= 4 is 15.9 Å². The standard InChI is InChI=1S/C14H21BrN2O/c1-4-14(3)12(17-5-2)7-13(14)18-11-6-10(15)8-16-9-11/h6,8-9,12-13,17H,4-5,7H2,1-3H3. The Balaban J connectivity index is 2.03. The molecule has 1 aliphatic rings. The van der Waals surface area contributed by atoms with Crippen molar-refractivity contribution in [3.05, 3.63) is 22.9 Å². The van der Waals surface area contributed by atoms with Crippen LogP contribution in [0.15, 0.2) is 22.9 Å². The third-order valence-corrected chi connectivity index (χ3v) is 4.59. The summed E-state index contributed by atoms with van der Waals surface area (Å²) in [5, 5.41) is 3.55. The molecule has 0 radical (unpaired) electrons. The van der Waals surface area contributed by atoms with Gasteiger partial charge in [-0.05, 0) is 35.0 Å². The summed E-state index contributed by atoms with van der Waals surface area (Å²) in [4.78, 5) is 4.14. The zero-order valence-electron chi connectivity index (χ0n) is 11.2. The van der Waals surface area contributed by atoms with Crippen LogP contribution in [-0.2, 0) is 0 Å². The highest BCUT2D eigenvalue weighted by Crippen LogP contribution is 2.46. The Hall–Kier alpha value is -0.610. The van der Waals surface area contributed by atoms with Crippen molar-refractivity contribution < 1.29 is 4.74 Å². The van der Waals surface area contributed by atoms with Crippen molar-refractivity contribution in [1.29, 1.82) is 0 Å². The molecule has 0 aliphatic heterocycles. The van der Waals surface area contributed by atoms with E-state index in [1.807, 2.05) is 6.07 Å².